The van der Waals surface area contributed by atoms with Crippen LogP contribution in [0.4, 0.5) is 0 Å². The van der Waals surface area contributed by atoms with E-state index >= 15 is 0 Å². The standard InChI is InChI=1S/C25H34N2O4/c1-6-20-10-12-22(13-11-20)31-17-24(28)27(19(4)25(29)26-15-18(2)3)16-21-8-7-9-23(14-21)30-5/h7-14,18-19H,6,15-17H2,1-5H3,(H,26,29)/t19-/m1/s1. The van der Waals surface area contributed by atoms with Gasteiger partial charge in [0.2, 0.25) is 5.91 Å². The van der Waals surface area contributed by atoms with Crippen LogP contribution >= 0.6 is 0 Å². The smallest absolute Gasteiger partial charge is 0.261 e. The van der Waals surface area contributed by atoms with Crippen LogP contribution in [0.15, 0.2) is 48.5 Å². The van der Waals surface area contributed by atoms with Crippen LogP contribution in [0.1, 0.15) is 38.8 Å². The lowest BCUT2D eigenvalue weighted by molar-refractivity contribution is -0.142. The molecule has 0 unspecified atom stereocenters. The maximum Gasteiger partial charge on any atom is 0.261 e. The molecule has 0 spiro atoms. The lowest BCUT2D eigenvalue weighted by Crippen LogP contribution is -2.49. The molecule has 2 amide bonds. The molecule has 0 aliphatic rings. The zero-order valence-electron chi connectivity index (χ0n) is 19.2. The number of carbonyl (C=O) groups excluding carboxylic acids is 2. The quantitative estimate of drug-likeness (QED) is 0.593. The summed E-state index contributed by atoms with van der Waals surface area (Å²) >= 11 is 0. The van der Waals surface area contributed by atoms with Gasteiger partial charge in [0.15, 0.2) is 6.61 Å². The molecular formula is C25H34N2O4. The Morgan fingerprint density at radius 2 is 1.71 bits per heavy atom. The van der Waals surface area contributed by atoms with E-state index in [1.165, 1.54) is 5.56 Å². The third kappa shape index (κ3) is 7.63. The zero-order chi connectivity index (χ0) is 22.8. The summed E-state index contributed by atoms with van der Waals surface area (Å²) in [5, 5.41) is 2.91. The minimum absolute atomic E-state index is 0.142. The van der Waals surface area contributed by atoms with Crippen molar-refractivity contribution in [1.29, 1.82) is 0 Å². The first-order valence-corrected chi connectivity index (χ1v) is 10.8. The molecule has 31 heavy (non-hydrogen) atoms. The number of rotatable bonds is 11. The molecule has 1 N–H and O–H groups in total. The van der Waals surface area contributed by atoms with E-state index in [9.17, 15) is 9.59 Å². The minimum Gasteiger partial charge on any atom is -0.497 e. The van der Waals surface area contributed by atoms with Crippen molar-refractivity contribution < 1.29 is 19.1 Å². The van der Waals surface area contributed by atoms with Crippen LogP contribution in [0.25, 0.3) is 0 Å². The first-order chi connectivity index (χ1) is 14.8. The Labute approximate surface area is 185 Å². The Balaban J connectivity index is 2.13. The normalized spacial score (nSPS) is 11.7. The lowest BCUT2D eigenvalue weighted by atomic mass is 10.1. The predicted molar refractivity (Wildman–Crippen MR) is 122 cm³/mol. The second-order valence-electron chi connectivity index (χ2n) is 7.97. The monoisotopic (exact) mass is 426 g/mol. The molecule has 0 bridgehead atoms. The second-order valence-corrected chi connectivity index (χ2v) is 7.97. The molecule has 2 aromatic rings. The number of carbonyl (C=O) groups is 2. The number of nitrogens with zero attached hydrogens (tertiary/aromatic N) is 1. The number of benzene rings is 2. The van der Waals surface area contributed by atoms with E-state index in [1.807, 2.05) is 62.4 Å². The van der Waals surface area contributed by atoms with Gasteiger partial charge in [-0.1, -0.05) is 45.0 Å². The second kappa shape index (κ2) is 12.0. The van der Waals surface area contributed by atoms with Gasteiger partial charge in [-0.25, -0.2) is 0 Å². The van der Waals surface area contributed by atoms with Gasteiger partial charge in [-0.3, -0.25) is 9.59 Å². The number of hydrogen-bond acceptors (Lipinski definition) is 4. The topological polar surface area (TPSA) is 67.9 Å². The van der Waals surface area contributed by atoms with Gasteiger partial charge in [0, 0.05) is 13.1 Å². The molecule has 0 saturated heterocycles. The largest absolute Gasteiger partial charge is 0.497 e. The van der Waals surface area contributed by atoms with Crippen LogP contribution < -0.4 is 14.8 Å². The van der Waals surface area contributed by atoms with E-state index in [0.29, 0.717) is 24.0 Å². The average molecular weight is 427 g/mol. The molecule has 168 valence electrons. The molecule has 0 aromatic heterocycles. The van der Waals surface area contributed by atoms with E-state index in [-0.39, 0.29) is 25.0 Å². The molecule has 6 nitrogen and oxygen atoms in total. The fraction of sp³-hybridized carbons (Fsp3) is 0.440. The van der Waals surface area contributed by atoms with Crippen LogP contribution in [-0.4, -0.2) is 43.0 Å². The predicted octanol–water partition coefficient (Wildman–Crippen LogP) is 3.83. The summed E-state index contributed by atoms with van der Waals surface area (Å²) in [6, 6.07) is 14.5. The van der Waals surface area contributed by atoms with Crippen molar-refractivity contribution in [2.24, 2.45) is 5.92 Å². The summed E-state index contributed by atoms with van der Waals surface area (Å²) in [4.78, 5) is 27.3. The number of hydrogen-bond donors (Lipinski definition) is 1. The van der Waals surface area contributed by atoms with Crippen LogP contribution in [-0.2, 0) is 22.6 Å². The first-order valence-electron chi connectivity index (χ1n) is 10.8. The summed E-state index contributed by atoms with van der Waals surface area (Å²) < 4.78 is 11.0. The maximum atomic E-state index is 13.1. The molecule has 1 atom stereocenters. The summed E-state index contributed by atoms with van der Waals surface area (Å²) in [6.45, 7) is 8.58. The molecule has 0 fully saturated rings. The number of methoxy groups -OCH3 is 1. The summed E-state index contributed by atoms with van der Waals surface area (Å²) in [5.41, 5.74) is 2.08. The van der Waals surface area contributed by atoms with Crippen molar-refractivity contribution in [3.05, 3.63) is 59.7 Å². The Hall–Kier alpha value is -3.02. The van der Waals surface area contributed by atoms with Crippen LogP contribution in [0.5, 0.6) is 11.5 Å². The minimum atomic E-state index is -0.636. The van der Waals surface area contributed by atoms with Gasteiger partial charge < -0.3 is 19.7 Å². The number of ether oxygens (including phenoxy) is 2. The van der Waals surface area contributed by atoms with Crippen LogP contribution in [0, 0.1) is 5.92 Å². The fourth-order valence-corrected chi connectivity index (χ4v) is 3.05. The Morgan fingerprint density at radius 3 is 2.32 bits per heavy atom. The maximum absolute atomic E-state index is 13.1. The number of amides is 2. The zero-order valence-corrected chi connectivity index (χ0v) is 19.2. The fourth-order valence-electron chi connectivity index (χ4n) is 3.05. The molecule has 0 aliphatic carbocycles. The molecule has 2 rings (SSSR count). The van der Waals surface area contributed by atoms with Gasteiger partial charge in [-0.2, -0.15) is 0 Å². The molecule has 0 aliphatic heterocycles. The average Bonchev–Trinajstić information content (AvgIpc) is 2.79. The van der Waals surface area contributed by atoms with E-state index in [2.05, 4.69) is 12.2 Å². The Bertz CT molecular complexity index is 849. The highest BCUT2D eigenvalue weighted by Crippen LogP contribution is 2.17. The SMILES string of the molecule is CCc1ccc(OCC(=O)N(Cc2cccc(OC)c2)[C@H](C)C(=O)NCC(C)C)cc1. The molecule has 6 heteroatoms. The molecule has 2 aromatic carbocycles. The van der Waals surface area contributed by atoms with E-state index < -0.39 is 6.04 Å². The van der Waals surface area contributed by atoms with E-state index in [1.54, 1.807) is 18.9 Å². The summed E-state index contributed by atoms with van der Waals surface area (Å²) in [5.74, 6) is 1.22. The van der Waals surface area contributed by atoms with Crippen LogP contribution in [0.2, 0.25) is 0 Å². The van der Waals surface area contributed by atoms with Gasteiger partial charge in [-0.05, 0) is 54.7 Å². The van der Waals surface area contributed by atoms with Gasteiger partial charge >= 0.3 is 0 Å². The van der Waals surface area contributed by atoms with E-state index in [0.717, 1.165) is 12.0 Å². The highest BCUT2D eigenvalue weighted by atomic mass is 16.5. The summed E-state index contributed by atoms with van der Waals surface area (Å²) in [6.07, 6.45) is 0.941. The Kier molecular flexibility index (Phi) is 9.38. The Morgan fingerprint density at radius 1 is 1.00 bits per heavy atom. The molecular weight excluding hydrogens is 392 g/mol. The van der Waals surface area contributed by atoms with Gasteiger partial charge in [0.1, 0.15) is 17.5 Å². The molecule has 0 saturated carbocycles. The van der Waals surface area contributed by atoms with Crippen LogP contribution in [0.3, 0.4) is 0 Å². The van der Waals surface area contributed by atoms with E-state index in [4.69, 9.17) is 9.47 Å². The molecule has 0 radical (unpaired) electrons. The highest BCUT2D eigenvalue weighted by molar-refractivity contribution is 5.88. The first kappa shape index (κ1) is 24.3. The van der Waals surface area contributed by atoms with Crippen molar-refractivity contribution in [2.45, 2.75) is 46.7 Å². The van der Waals surface area contributed by atoms with Crippen molar-refractivity contribution in [3.8, 4) is 11.5 Å². The lowest BCUT2D eigenvalue weighted by Gasteiger charge is -2.29. The van der Waals surface area contributed by atoms with Crippen molar-refractivity contribution in [2.75, 3.05) is 20.3 Å². The third-order valence-corrected chi connectivity index (χ3v) is 5.03. The summed E-state index contributed by atoms with van der Waals surface area (Å²) in [7, 11) is 1.60. The van der Waals surface area contributed by atoms with Crippen molar-refractivity contribution in [3.63, 3.8) is 0 Å². The van der Waals surface area contributed by atoms with Crippen molar-refractivity contribution in [1.82, 2.24) is 10.2 Å². The highest BCUT2D eigenvalue weighted by Gasteiger charge is 2.26. The van der Waals surface area contributed by atoms with Gasteiger partial charge in [0.05, 0.1) is 7.11 Å². The number of aryl methyl sites for hydroxylation is 1. The van der Waals surface area contributed by atoms with Gasteiger partial charge in [0.25, 0.3) is 5.91 Å². The third-order valence-electron chi connectivity index (χ3n) is 5.03. The van der Waals surface area contributed by atoms with Gasteiger partial charge in [-0.15, -0.1) is 0 Å². The van der Waals surface area contributed by atoms with Crippen molar-refractivity contribution >= 4 is 11.8 Å². The number of nitrogens with one attached hydrogen (secondary N) is 1. The molecule has 0 heterocycles.